The van der Waals surface area contributed by atoms with E-state index in [4.69, 9.17) is 8.83 Å². The van der Waals surface area contributed by atoms with E-state index in [9.17, 15) is 22.4 Å². The second kappa shape index (κ2) is 5.45. The van der Waals surface area contributed by atoms with E-state index >= 15 is 0 Å². The molecule has 0 bridgehead atoms. The van der Waals surface area contributed by atoms with Crippen molar-refractivity contribution >= 4 is 16.9 Å². The van der Waals surface area contributed by atoms with Gasteiger partial charge >= 0.3 is 0 Å². The molecule has 4 nitrogen and oxygen atoms in total. The van der Waals surface area contributed by atoms with E-state index in [1.165, 1.54) is 13.2 Å². The number of amides is 1. The zero-order valence-corrected chi connectivity index (χ0v) is 11.7. The number of nitrogens with one attached hydrogen (secondary N) is 1. The highest BCUT2D eigenvalue weighted by Gasteiger charge is 2.29. The smallest absolute Gasteiger partial charge is 0.255 e. The number of rotatable bonds is 3. The molecule has 0 aliphatic heterocycles. The standard InChI is InChI=1S/C15H9F4NO3/c1-6-8(15(21)20-5-7-3-2-4-22-7)9-10(16)11(17)12(18)13(19)14(9)23-6/h2-4H,5H2,1H3,(H,20,21). The van der Waals surface area contributed by atoms with E-state index in [0.29, 0.717) is 5.76 Å². The fourth-order valence-corrected chi connectivity index (χ4v) is 2.25. The first-order valence-electron chi connectivity index (χ1n) is 6.47. The fourth-order valence-electron chi connectivity index (χ4n) is 2.25. The molecule has 0 atom stereocenters. The molecule has 120 valence electrons. The third kappa shape index (κ3) is 2.36. The molecule has 3 aromatic rings. The first kappa shape index (κ1) is 15.1. The second-order valence-corrected chi connectivity index (χ2v) is 4.76. The number of carbonyl (C=O) groups is 1. The monoisotopic (exact) mass is 327 g/mol. The van der Waals surface area contributed by atoms with E-state index in [1.54, 1.807) is 12.1 Å². The molecule has 2 aromatic heterocycles. The van der Waals surface area contributed by atoms with Gasteiger partial charge in [-0.25, -0.2) is 13.2 Å². The Hall–Kier alpha value is -2.77. The molecule has 8 heteroatoms. The Morgan fingerprint density at radius 2 is 1.83 bits per heavy atom. The minimum atomic E-state index is -2.00. The van der Waals surface area contributed by atoms with Gasteiger partial charge in [-0.1, -0.05) is 0 Å². The maximum Gasteiger partial charge on any atom is 0.255 e. The maximum atomic E-state index is 13.9. The largest absolute Gasteiger partial charge is 0.467 e. The number of hydrogen-bond acceptors (Lipinski definition) is 3. The summed E-state index contributed by atoms with van der Waals surface area (Å²) in [4.78, 5) is 12.2. The molecule has 0 radical (unpaired) electrons. The van der Waals surface area contributed by atoms with Crippen LogP contribution < -0.4 is 5.32 Å². The predicted molar refractivity (Wildman–Crippen MR) is 70.7 cm³/mol. The number of benzene rings is 1. The van der Waals surface area contributed by atoms with Crippen LogP contribution in [0.15, 0.2) is 27.2 Å². The van der Waals surface area contributed by atoms with Crippen LogP contribution in [0.4, 0.5) is 17.6 Å². The highest BCUT2D eigenvalue weighted by Crippen LogP contribution is 2.33. The minimum Gasteiger partial charge on any atom is -0.467 e. The van der Waals surface area contributed by atoms with Gasteiger partial charge in [0.15, 0.2) is 17.2 Å². The highest BCUT2D eigenvalue weighted by molar-refractivity contribution is 6.07. The van der Waals surface area contributed by atoms with Gasteiger partial charge in [0.2, 0.25) is 11.6 Å². The molecule has 0 unspecified atom stereocenters. The lowest BCUT2D eigenvalue weighted by Crippen LogP contribution is -2.23. The van der Waals surface area contributed by atoms with Gasteiger partial charge in [-0.15, -0.1) is 0 Å². The lowest BCUT2D eigenvalue weighted by atomic mass is 10.1. The average Bonchev–Trinajstić information content (AvgIpc) is 3.16. The second-order valence-electron chi connectivity index (χ2n) is 4.76. The third-order valence-electron chi connectivity index (χ3n) is 3.31. The van der Waals surface area contributed by atoms with Gasteiger partial charge in [0.05, 0.1) is 23.8 Å². The molecule has 3 rings (SSSR count). The SMILES string of the molecule is Cc1oc2c(F)c(F)c(F)c(F)c2c1C(=O)NCc1ccco1. The van der Waals surface area contributed by atoms with Crippen molar-refractivity contribution in [2.45, 2.75) is 13.5 Å². The molecule has 0 spiro atoms. The molecule has 1 N–H and O–H groups in total. The third-order valence-corrected chi connectivity index (χ3v) is 3.31. The van der Waals surface area contributed by atoms with Crippen LogP contribution in [0.1, 0.15) is 21.9 Å². The lowest BCUT2D eigenvalue weighted by molar-refractivity contribution is 0.0947. The summed E-state index contributed by atoms with van der Waals surface area (Å²) in [6, 6.07) is 3.20. The Kier molecular flexibility index (Phi) is 3.59. The molecule has 0 fully saturated rings. The van der Waals surface area contributed by atoms with E-state index in [0.717, 1.165) is 0 Å². The van der Waals surface area contributed by atoms with Crippen LogP contribution in [0.25, 0.3) is 11.0 Å². The van der Waals surface area contributed by atoms with Crippen molar-refractivity contribution in [3.63, 3.8) is 0 Å². The molecule has 0 aliphatic carbocycles. The molecule has 0 aliphatic rings. The summed E-state index contributed by atoms with van der Waals surface area (Å²) in [5.41, 5.74) is -1.25. The summed E-state index contributed by atoms with van der Waals surface area (Å²) in [7, 11) is 0. The zero-order valence-electron chi connectivity index (χ0n) is 11.7. The summed E-state index contributed by atoms with van der Waals surface area (Å²) >= 11 is 0. The topological polar surface area (TPSA) is 55.4 Å². The van der Waals surface area contributed by atoms with Gasteiger partial charge in [-0.3, -0.25) is 4.79 Å². The number of halogens is 4. The molecular formula is C15H9F4NO3. The Morgan fingerprint density at radius 1 is 1.13 bits per heavy atom. The summed E-state index contributed by atoms with van der Waals surface area (Å²) in [6.07, 6.45) is 1.40. The number of hydrogen-bond donors (Lipinski definition) is 1. The quantitative estimate of drug-likeness (QED) is 0.452. The van der Waals surface area contributed by atoms with Crippen molar-refractivity contribution in [2.75, 3.05) is 0 Å². The average molecular weight is 327 g/mol. The summed E-state index contributed by atoms with van der Waals surface area (Å²) < 4.78 is 64.2. The van der Waals surface area contributed by atoms with Crippen molar-refractivity contribution < 1.29 is 31.2 Å². The maximum absolute atomic E-state index is 13.9. The van der Waals surface area contributed by atoms with Crippen LogP contribution in [-0.4, -0.2) is 5.91 Å². The highest BCUT2D eigenvalue weighted by atomic mass is 19.2. The van der Waals surface area contributed by atoms with Crippen LogP contribution >= 0.6 is 0 Å². The summed E-state index contributed by atoms with van der Waals surface area (Å²) in [5.74, 6) is -7.94. The molecule has 0 saturated heterocycles. The van der Waals surface area contributed by atoms with Gasteiger partial charge in [0.25, 0.3) is 5.91 Å². The molecule has 0 saturated carbocycles. The van der Waals surface area contributed by atoms with E-state index < -0.39 is 45.7 Å². The van der Waals surface area contributed by atoms with Crippen LogP contribution in [0.3, 0.4) is 0 Å². The summed E-state index contributed by atoms with van der Waals surface area (Å²) in [6.45, 7) is 1.24. The Bertz CT molecular complexity index is 900. The normalized spacial score (nSPS) is 11.2. The van der Waals surface area contributed by atoms with E-state index in [-0.39, 0.29) is 12.3 Å². The van der Waals surface area contributed by atoms with Crippen LogP contribution in [0.2, 0.25) is 0 Å². The van der Waals surface area contributed by atoms with Gasteiger partial charge in [-0.05, 0) is 19.1 Å². The lowest BCUT2D eigenvalue weighted by Gasteiger charge is -2.04. The predicted octanol–water partition coefficient (Wildman–Crippen LogP) is 3.82. The van der Waals surface area contributed by atoms with Crippen LogP contribution in [0, 0.1) is 30.2 Å². The molecule has 2 heterocycles. The first-order chi connectivity index (χ1) is 10.9. The summed E-state index contributed by atoms with van der Waals surface area (Å²) in [5, 5.41) is 1.66. The molecule has 1 amide bonds. The van der Waals surface area contributed by atoms with Gasteiger partial charge in [0.1, 0.15) is 11.5 Å². The van der Waals surface area contributed by atoms with Crippen molar-refractivity contribution in [2.24, 2.45) is 0 Å². The van der Waals surface area contributed by atoms with E-state index in [1.807, 2.05) is 0 Å². The van der Waals surface area contributed by atoms with E-state index in [2.05, 4.69) is 5.32 Å². The van der Waals surface area contributed by atoms with Crippen molar-refractivity contribution in [3.8, 4) is 0 Å². The molecular weight excluding hydrogens is 318 g/mol. The van der Waals surface area contributed by atoms with Crippen molar-refractivity contribution in [1.82, 2.24) is 5.32 Å². The van der Waals surface area contributed by atoms with Gasteiger partial charge < -0.3 is 14.2 Å². The molecule has 1 aromatic carbocycles. The number of fused-ring (bicyclic) bond motifs is 1. The van der Waals surface area contributed by atoms with Crippen LogP contribution in [-0.2, 0) is 6.54 Å². The number of carbonyl (C=O) groups excluding carboxylic acids is 1. The Labute approximate surface area is 126 Å². The number of aryl methyl sites for hydroxylation is 1. The van der Waals surface area contributed by atoms with Crippen LogP contribution in [0.5, 0.6) is 0 Å². The van der Waals surface area contributed by atoms with Crippen molar-refractivity contribution in [3.05, 3.63) is 58.7 Å². The van der Waals surface area contributed by atoms with Crippen molar-refractivity contribution in [1.29, 1.82) is 0 Å². The van der Waals surface area contributed by atoms with Gasteiger partial charge in [0, 0.05) is 0 Å². The zero-order chi connectivity index (χ0) is 16.7. The fraction of sp³-hybridized carbons (Fsp3) is 0.133. The first-order valence-corrected chi connectivity index (χ1v) is 6.47. The molecule has 23 heavy (non-hydrogen) atoms. The minimum absolute atomic E-state index is 0.0221. The van der Waals surface area contributed by atoms with Gasteiger partial charge in [-0.2, -0.15) is 4.39 Å². The Balaban J connectivity index is 2.07. The Morgan fingerprint density at radius 3 is 2.48 bits per heavy atom. The number of furan rings is 2.